The quantitative estimate of drug-likeness (QED) is 0.0446. The van der Waals surface area contributed by atoms with Crippen molar-refractivity contribution < 1.29 is 43.2 Å². The lowest BCUT2D eigenvalue weighted by molar-refractivity contribution is -0.151. The normalized spacial score (nSPS) is 13.8. The number of thioether (sulfide) groups is 1. The molecule has 1 aliphatic carbocycles. The van der Waals surface area contributed by atoms with Gasteiger partial charge in [-0.3, -0.25) is 9.59 Å². The number of ether oxygens (including phenoxy) is 5. The summed E-state index contributed by atoms with van der Waals surface area (Å²) in [5.41, 5.74) is 0.654. The smallest absolute Gasteiger partial charge is 0.333 e. The predicted octanol–water partition coefficient (Wildman–Crippen LogP) is 6.78. The second kappa shape index (κ2) is 19.5. The lowest BCUT2D eigenvalue weighted by atomic mass is 9.98. The molecule has 0 aliphatic heterocycles. The van der Waals surface area contributed by atoms with E-state index in [9.17, 15) is 19.5 Å². The predicted molar refractivity (Wildman–Crippen MR) is 167 cm³/mol. The van der Waals surface area contributed by atoms with Gasteiger partial charge in [-0.25, -0.2) is 4.79 Å². The number of carbonyl (C=O) groups is 3. The van der Waals surface area contributed by atoms with Crippen molar-refractivity contribution in [2.24, 2.45) is 0 Å². The summed E-state index contributed by atoms with van der Waals surface area (Å²) in [6.07, 6.45) is 8.31. The molecule has 10 heteroatoms. The van der Waals surface area contributed by atoms with Gasteiger partial charge in [0.15, 0.2) is 6.61 Å². The zero-order chi connectivity index (χ0) is 31.6. The molecule has 238 valence electrons. The van der Waals surface area contributed by atoms with Gasteiger partial charge in [-0.05, 0) is 112 Å². The average molecular weight is 627 g/mol. The van der Waals surface area contributed by atoms with Gasteiger partial charge in [0, 0.05) is 16.0 Å². The number of rotatable bonds is 19. The lowest BCUT2D eigenvalue weighted by Crippen LogP contribution is -2.22. The van der Waals surface area contributed by atoms with Crippen LogP contribution in [-0.2, 0) is 23.8 Å². The Balaban J connectivity index is 1.23. The molecule has 9 nitrogen and oxygen atoms in total. The highest BCUT2D eigenvalue weighted by Gasteiger charge is 2.20. The van der Waals surface area contributed by atoms with Gasteiger partial charge in [0.05, 0.1) is 25.9 Å². The van der Waals surface area contributed by atoms with E-state index < -0.39 is 18.2 Å². The molecule has 0 radical (unpaired) electrons. The molecule has 0 amide bonds. The number of hydrogen-bond donors (Lipinski definition) is 1. The third-order valence-corrected chi connectivity index (χ3v) is 7.74. The number of benzene rings is 2. The van der Waals surface area contributed by atoms with Crippen LogP contribution in [0.15, 0.2) is 78.4 Å². The van der Waals surface area contributed by atoms with E-state index in [1.807, 2.05) is 24.3 Å². The molecule has 0 heterocycles. The summed E-state index contributed by atoms with van der Waals surface area (Å²) in [6, 6.07) is 14.0. The molecule has 2 aromatic rings. The molecule has 1 N–H and O–H groups in total. The summed E-state index contributed by atoms with van der Waals surface area (Å²) in [4.78, 5) is 37.6. The number of esters is 2. The van der Waals surface area contributed by atoms with Crippen molar-refractivity contribution in [3.8, 4) is 11.5 Å². The van der Waals surface area contributed by atoms with E-state index in [1.165, 1.54) is 6.42 Å². The minimum atomic E-state index is -1.11. The molecule has 1 atom stereocenters. The third-order valence-electron chi connectivity index (χ3n) is 6.81. The zero-order valence-electron chi connectivity index (χ0n) is 25.1. The van der Waals surface area contributed by atoms with Crippen LogP contribution in [0.1, 0.15) is 74.6 Å². The first-order valence-corrected chi connectivity index (χ1v) is 15.8. The van der Waals surface area contributed by atoms with Crippen LogP contribution in [0.4, 0.5) is 0 Å². The Labute approximate surface area is 263 Å². The molecule has 0 saturated heterocycles. The maximum absolute atomic E-state index is 12.6. The second-order valence-corrected chi connectivity index (χ2v) is 11.4. The largest absolute Gasteiger partial charge is 0.494 e. The number of carbonyl (C=O) groups excluding carboxylic acids is 3. The van der Waals surface area contributed by atoms with Crippen molar-refractivity contribution in [3.63, 3.8) is 0 Å². The molecular weight excluding hydrogens is 584 g/mol. The van der Waals surface area contributed by atoms with Gasteiger partial charge in [-0.1, -0.05) is 19.6 Å². The molecule has 2 aromatic carbocycles. The summed E-state index contributed by atoms with van der Waals surface area (Å²) in [5, 5.41) is 9.40. The minimum Gasteiger partial charge on any atom is -0.494 e. The van der Waals surface area contributed by atoms with Crippen LogP contribution in [0.25, 0.3) is 0 Å². The van der Waals surface area contributed by atoms with E-state index in [2.05, 4.69) is 13.2 Å². The molecule has 0 bridgehead atoms. The Hall–Kier alpha value is -3.76. The van der Waals surface area contributed by atoms with Gasteiger partial charge in [0.1, 0.15) is 17.6 Å². The standard InChI is InChI=1S/C34H42O9S/c1-3-39-32(36)24-42-28-15-13-26(14-16-28)34(38)44-30-19-17-27(18-20-30)40-21-9-4-5-10-22-41-33(37)25(2)23-31(35)43-29-11-7-6-8-12-29/h3,13-20,29,32,36H,1-2,4-12,21-24H2. The maximum atomic E-state index is 12.6. The fraction of sp³-hybridized carbons (Fsp3) is 0.441. The molecule has 1 aliphatic rings. The Morgan fingerprint density at radius 1 is 0.886 bits per heavy atom. The van der Waals surface area contributed by atoms with Crippen LogP contribution in [0.5, 0.6) is 11.5 Å². The van der Waals surface area contributed by atoms with Crippen molar-refractivity contribution in [2.75, 3.05) is 19.8 Å². The fourth-order valence-electron chi connectivity index (χ4n) is 4.45. The fourth-order valence-corrected chi connectivity index (χ4v) is 5.19. The highest BCUT2D eigenvalue weighted by molar-refractivity contribution is 8.14. The monoisotopic (exact) mass is 626 g/mol. The Morgan fingerprint density at radius 2 is 1.52 bits per heavy atom. The van der Waals surface area contributed by atoms with Crippen molar-refractivity contribution in [2.45, 2.75) is 81.5 Å². The van der Waals surface area contributed by atoms with Gasteiger partial charge < -0.3 is 28.8 Å². The topological polar surface area (TPSA) is 118 Å². The summed E-state index contributed by atoms with van der Waals surface area (Å²) in [7, 11) is 0. The molecule has 0 spiro atoms. The number of hydrogen-bond acceptors (Lipinski definition) is 10. The summed E-state index contributed by atoms with van der Waals surface area (Å²) in [5.74, 6) is 0.270. The Bertz CT molecular complexity index is 1200. The van der Waals surface area contributed by atoms with Crippen molar-refractivity contribution in [1.29, 1.82) is 0 Å². The van der Waals surface area contributed by atoms with Gasteiger partial charge in [0.2, 0.25) is 11.4 Å². The molecule has 3 rings (SSSR count). The van der Waals surface area contributed by atoms with Crippen LogP contribution in [0.3, 0.4) is 0 Å². The zero-order valence-corrected chi connectivity index (χ0v) is 25.9. The molecular formula is C34H42O9S. The Kier molecular flexibility index (Phi) is 15.4. The van der Waals surface area contributed by atoms with Gasteiger partial charge in [-0.2, -0.15) is 0 Å². The van der Waals surface area contributed by atoms with E-state index in [1.54, 1.807) is 24.3 Å². The van der Waals surface area contributed by atoms with Crippen LogP contribution in [-0.4, -0.2) is 54.4 Å². The molecule has 1 unspecified atom stereocenters. The first-order valence-electron chi connectivity index (χ1n) is 15.0. The molecule has 0 aromatic heterocycles. The first kappa shape index (κ1) is 34.7. The van der Waals surface area contributed by atoms with E-state index >= 15 is 0 Å². The van der Waals surface area contributed by atoms with Crippen LogP contribution < -0.4 is 9.47 Å². The summed E-state index contributed by atoms with van der Waals surface area (Å²) >= 11 is 1.12. The second-order valence-electron chi connectivity index (χ2n) is 10.4. The third kappa shape index (κ3) is 13.3. The average Bonchev–Trinajstić information content (AvgIpc) is 3.02. The number of unbranched alkanes of at least 4 members (excludes halogenated alkanes) is 3. The maximum Gasteiger partial charge on any atom is 0.333 e. The van der Waals surface area contributed by atoms with E-state index in [4.69, 9.17) is 23.7 Å². The number of aliphatic hydroxyl groups is 1. The summed E-state index contributed by atoms with van der Waals surface area (Å²) < 4.78 is 26.7. The highest BCUT2D eigenvalue weighted by atomic mass is 32.2. The molecule has 1 fully saturated rings. The highest BCUT2D eigenvalue weighted by Crippen LogP contribution is 2.26. The van der Waals surface area contributed by atoms with Gasteiger partial charge in [-0.15, -0.1) is 0 Å². The van der Waals surface area contributed by atoms with Crippen molar-refractivity contribution in [3.05, 3.63) is 79.1 Å². The number of aliphatic hydroxyl groups excluding tert-OH is 1. The van der Waals surface area contributed by atoms with Crippen LogP contribution in [0, 0.1) is 0 Å². The van der Waals surface area contributed by atoms with Crippen molar-refractivity contribution >= 4 is 28.8 Å². The van der Waals surface area contributed by atoms with Gasteiger partial charge >= 0.3 is 11.9 Å². The molecule has 1 saturated carbocycles. The summed E-state index contributed by atoms with van der Waals surface area (Å²) in [6.45, 7) is 7.82. The van der Waals surface area contributed by atoms with E-state index in [-0.39, 0.29) is 36.4 Å². The van der Waals surface area contributed by atoms with Crippen LogP contribution >= 0.6 is 11.8 Å². The van der Waals surface area contributed by atoms with E-state index in [0.29, 0.717) is 17.9 Å². The molecule has 44 heavy (non-hydrogen) atoms. The van der Waals surface area contributed by atoms with Gasteiger partial charge in [0.25, 0.3) is 0 Å². The van der Waals surface area contributed by atoms with Crippen molar-refractivity contribution in [1.82, 2.24) is 0 Å². The van der Waals surface area contributed by atoms with E-state index in [0.717, 1.165) is 80.0 Å². The van der Waals surface area contributed by atoms with Crippen LogP contribution in [0.2, 0.25) is 0 Å². The Morgan fingerprint density at radius 3 is 2.20 bits per heavy atom. The first-order chi connectivity index (χ1) is 21.3. The SMILES string of the molecule is C=COC(O)COc1ccc(C(=O)Sc2ccc(OCCCCCCOC(=O)C(=C)CC(=O)OC3CCCCC3)cc2)cc1. The minimum absolute atomic E-state index is 0.0395. The lowest BCUT2D eigenvalue weighted by Gasteiger charge is -2.21.